The summed E-state index contributed by atoms with van der Waals surface area (Å²) in [7, 11) is 0. The van der Waals surface area contributed by atoms with E-state index in [1.54, 1.807) is 12.3 Å². The van der Waals surface area contributed by atoms with Crippen molar-refractivity contribution in [2.75, 3.05) is 0 Å². The Balaban J connectivity index is 2.07. The van der Waals surface area contributed by atoms with Gasteiger partial charge in [0.2, 0.25) is 0 Å². The Morgan fingerprint density at radius 3 is 2.78 bits per heavy atom. The lowest BCUT2D eigenvalue weighted by Gasteiger charge is -1.97. The number of rotatable bonds is 2. The van der Waals surface area contributed by atoms with Crippen molar-refractivity contribution in [1.29, 1.82) is 0 Å². The van der Waals surface area contributed by atoms with Crippen molar-refractivity contribution in [3.63, 3.8) is 0 Å². The molecular weight excluding hydrogens is 248 g/mol. The minimum absolute atomic E-state index is 0.489. The van der Waals surface area contributed by atoms with E-state index in [9.17, 15) is 0 Å². The molecule has 0 amide bonds. The van der Waals surface area contributed by atoms with E-state index >= 15 is 0 Å². The van der Waals surface area contributed by atoms with Crippen molar-refractivity contribution in [2.24, 2.45) is 5.73 Å². The predicted molar refractivity (Wildman–Crippen MR) is 72.3 cm³/mol. The number of pyridine rings is 1. The predicted octanol–water partition coefficient (Wildman–Crippen LogP) is 3.61. The fourth-order valence-corrected chi connectivity index (χ4v) is 1.98. The van der Waals surface area contributed by atoms with E-state index in [0.717, 1.165) is 28.0 Å². The Bertz CT molecular complexity index is 689. The third kappa shape index (κ3) is 1.98. The summed E-state index contributed by atoms with van der Waals surface area (Å²) in [4.78, 5) is 4.33. The van der Waals surface area contributed by atoms with Gasteiger partial charge in [0.05, 0.1) is 0 Å². The second kappa shape index (κ2) is 4.44. The lowest BCUT2D eigenvalue weighted by molar-refractivity contribution is 0.628. The van der Waals surface area contributed by atoms with Gasteiger partial charge in [-0.15, -0.1) is 0 Å². The molecule has 0 saturated carbocycles. The second-order valence-corrected chi connectivity index (χ2v) is 4.49. The third-order valence-electron chi connectivity index (χ3n) is 2.80. The highest BCUT2D eigenvalue weighted by Crippen LogP contribution is 2.28. The maximum Gasteiger partial charge on any atom is 0.153 e. The van der Waals surface area contributed by atoms with Gasteiger partial charge in [0.1, 0.15) is 11.3 Å². The van der Waals surface area contributed by atoms with Crippen LogP contribution in [0.3, 0.4) is 0 Å². The highest BCUT2D eigenvalue weighted by molar-refractivity contribution is 6.31. The first-order chi connectivity index (χ1) is 8.76. The Morgan fingerprint density at radius 2 is 2.06 bits per heavy atom. The van der Waals surface area contributed by atoms with Gasteiger partial charge >= 0.3 is 0 Å². The molecule has 3 nitrogen and oxygen atoms in total. The normalized spacial score (nSPS) is 11.0. The van der Waals surface area contributed by atoms with Crippen LogP contribution >= 0.6 is 11.6 Å². The molecule has 0 aliphatic carbocycles. The number of benzene rings is 1. The highest BCUT2D eigenvalue weighted by Gasteiger charge is 2.07. The number of nitrogens with zero attached hydrogens (tertiary/aromatic N) is 1. The first-order valence-corrected chi connectivity index (χ1v) is 5.98. The summed E-state index contributed by atoms with van der Waals surface area (Å²) in [6.45, 7) is 0.489. The van der Waals surface area contributed by atoms with Crippen molar-refractivity contribution in [3.05, 3.63) is 53.2 Å². The fraction of sp³-hybridized carbons (Fsp3) is 0.0714. The van der Waals surface area contributed by atoms with Crippen molar-refractivity contribution in [3.8, 4) is 11.5 Å². The summed E-state index contributed by atoms with van der Waals surface area (Å²) in [6.07, 6.45) is 1.76. The van der Waals surface area contributed by atoms with Gasteiger partial charge in [-0.1, -0.05) is 17.7 Å². The summed E-state index contributed by atoms with van der Waals surface area (Å²) < 4.78 is 5.73. The van der Waals surface area contributed by atoms with E-state index in [0.29, 0.717) is 11.6 Å². The van der Waals surface area contributed by atoms with E-state index in [-0.39, 0.29) is 0 Å². The number of furan rings is 1. The Labute approximate surface area is 109 Å². The summed E-state index contributed by atoms with van der Waals surface area (Å²) in [6, 6.07) is 11.4. The van der Waals surface area contributed by atoms with Gasteiger partial charge < -0.3 is 10.2 Å². The van der Waals surface area contributed by atoms with Gasteiger partial charge in [0, 0.05) is 29.2 Å². The number of aromatic nitrogens is 1. The van der Waals surface area contributed by atoms with Crippen molar-refractivity contribution < 1.29 is 4.42 Å². The van der Waals surface area contributed by atoms with Crippen LogP contribution in [0.2, 0.25) is 5.02 Å². The van der Waals surface area contributed by atoms with Crippen LogP contribution < -0.4 is 5.73 Å². The van der Waals surface area contributed by atoms with Crippen molar-refractivity contribution in [1.82, 2.24) is 4.98 Å². The number of hydrogen-bond donors (Lipinski definition) is 1. The van der Waals surface area contributed by atoms with Gasteiger partial charge in [-0.05, 0) is 29.8 Å². The first-order valence-electron chi connectivity index (χ1n) is 5.61. The van der Waals surface area contributed by atoms with Crippen LogP contribution in [0.5, 0.6) is 0 Å². The topological polar surface area (TPSA) is 52.0 Å². The quantitative estimate of drug-likeness (QED) is 0.764. The highest BCUT2D eigenvalue weighted by atomic mass is 35.5. The SMILES string of the molecule is NCc1ccc(-c2cc3ccc(Cl)cc3o2)nc1. The molecule has 90 valence electrons. The van der Waals surface area contributed by atoms with E-state index in [1.165, 1.54) is 0 Å². The van der Waals surface area contributed by atoms with E-state index in [4.69, 9.17) is 21.8 Å². The molecule has 4 heteroatoms. The van der Waals surface area contributed by atoms with Crippen LogP contribution in [-0.4, -0.2) is 4.98 Å². The van der Waals surface area contributed by atoms with E-state index in [1.807, 2.05) is 30.3 Å². The maximum atomic E-state index is 5.92. The van der Waals surface area contributed by atoms with Crippen LogP contribution in [0.15, 0.2) is 47.0 Å². The second-order valence-electron chi connectivity index (χ2n) is 4.05. The summed E-state index contributed by atoms with van der Waals surface area (Å²) in [5, 5.41) is 1.67. The minimum Gasteiger partial charge on any atom is -0.454 e. The maximum absolute atomic E-state index is 5.92. The molecule has 0 unspecified atom stereocenters. The standard InChI is InChI=1S/C14H11ClN2O/c15-11-3-2-10-5-14(18-13(10)6-11)12-4-1-9(7-16)8-17-12/h1-6,8H,7,16H2. The van der Waals surface area contributed by atoms with Crippen LogP contribution in [-0.2, 0) is 6.54 Å². The van der Waals surface area contributed by atoms with Gasteiger partial charge in [-0.25, -0.2) is 0 Å². The molecule has 2 aromatic heterocycles. The van der Waals surface area contributed by atoms with Gasteiger partial charge in [-0.2, -0.15) is 0 Å². The monoisotopic (exact) mass is 258 g/mol. The molecule has 2 N–H and O–H groups in total. The molecular formula is C14H11ClN2O. The van der Waals surface area contributed by atoms with Crippen LogP contribution in [0.4, 0.5) is 0 Å². The number of hydrogen-bond acceptors (Lipinski definition) is 3. The third-order valence-corrected chi connectivity index (χ3v) is 3.03. The molecule has 0 saturated heterocycles. The molecule has 0 bridgehead atoms. The Morgan fingerprint density at radius 1 is 1.17 bits per heavy atom. The molecule has 2 heterocycles. The van der Waals surface area contributed by atoms with Gasteiger partial charge in [0.25, 0.3) is 0 Å². The summed E-state index contributed by atoms with van der Waals surface area (Å²) in [5.41, 5.74) is 8.09. The molecule has 0 spiro atoms. The number of nitrogens with two attached hydrogens (primary N) is 1. The lowest BCUT2D eigenvalue weighted by atomic mass is 10.2. The Kier molecular flexibility index (Phi) is 2.78. The number of halogens is 1. The van der Waals surface area contributed by atoms with Gasteiger partial charge in [0.15, 0.2) is 5.76 Å². The molecule has 3 rings (SSSR count). The minimum atomic E-state index is 0.489. The van der Waals surface area contributed by atoms with Crippen LogP contribution in [0.25, 0.3) is 22.4 Å². The zero-order chi connectivity index (χ0) is 12.5. The van der Waals surface area contributed by atoms with Crippen LogP contribution in [0, 0.1) is 0 Å². The van der Waals surface area contributed by atoms with Crippen molar-refractivity contribution >= 4 is 22.6 Å². The molecule has 0 radical (unpaired) electrons. The first kappa shape index (κ1) is 11.3. The van der Waals surface area contributed by atoms with Gasteiger partial charge in [-0.3, -0.25) is 4.98 Å². The fourth-order valence-electron chi connectivity index (χ4n) is 1.82. The number of fused-ring (bicyclic) bond motifs is 1. The van der Waals surface area contributed by atoms with E-state index < -0.39 is 0 Å². The average molecular weight is 259 g/mol. The zero-order valence-corrected chi connectivity index (χ0v) is 10.3. The smallest absolute Gasteiger partial charge is 0.153 e. The summed E-state index contributed by atoms with van der Waals surface area (Å²) >= 11 is 5.92. The van der Waals surface area contributed by atoms with E-state index in [2.05, 4.69) is 4.98 Å². The largest absolute Gasteiger partial charge is 0.454 e. The molecule has 0 aliphatic heterocycles. The Hall–Kier alpha value is -1.84. The summed E-state index contributed by atoms with van der Waals surface area (Å²) in [5.74, 6) is 0.732. The average Bonchev–Trinajstić information content (AvgIpc) is 2.81. The molecule has 18 heavy (non-hydrogen) atoms. The molecule has 0 aliphatic rings. The molecule has 1 aromatic carbocycles. The molecule has 0 fully saturated rings. The molecule has 0 atom stereocenters. The lowest BCUT2D eigenvalue weighted by Crippen LogP contribution is -1.96. The van der Waals surface area contributed by atoms with Crippen LogP contribution in [0.1, 0.15) is 5.56 Å². The molecule has 3 aromatic rings. The van der Waals surface area contributed by atoms with Crippen molar-refractivity contribution in [2.45, 2.75) is 6.54 Å². The zero-order valence-electron chi connectivity index (χ0n) is 9.56.